The van der Waals surface area contributed by atoms with E-state index in [1.807, 2.05) is 6.92 Å². The molecule has 0 aliphatic carbocycles. The Balaban J connectivity index is 2.70. The van der Waals surface area contributed by atoms with Gasteiger partial charge in [0.1, 0.15) is 0 Å². The van der Waals surface area contributed by atoms with Gasteiger partial charge in [0.25, 0.3) is 0 Å². The molecule has 102 valence electrons. The molecule has 1 heterocycles. The lowest BCUT2D eigenvalue weighted by molar-refractivity contribution is -0.0496. The summed E-state index contributed by atoms with van der Waals surface area (Å²) in [5, 5.41) is 0. The van der Waals surface area contributed by atoms with Crippen LogP contribution in [0.5, 0.6) is 0 Å². The fraction of sp³-hybridized carbons (Fsp3) is 1.00. The van der Waals surface area contributed by atoms with E-state index >= 15 is 0 Å². The first kappa shape index (κ1) is 14.9. The highest BCUT2D eigenvalue weighted by atomic mass is 16.5. The summed E-state index contributed by atoms with van der Waals surface area (Å²) in [4.78, 5) is 4.91. The van der Waals surface area contributed by atoms with E-state index in [9.17, 15) is 0 Å². The van der Waals surface area contributed by atoms with Crippen LogP contribution in [0.3, 0.4) is 0 Å². The number of hydrogen-bond donors (Lipinski definition) is 1. The fourth-order valence-corrected chi connectivity index (χ4v) is 2.30. The van der Waals surface area contributed by atoms with E-state index in [1.54, 1.807) is 0 Å². The highest BCUT2D eigenvalue weighted by Crippen LogP contribution is 2.25. The summed E-state index contributed by atoms with van der Waals surface area (Å²) in [5.74, 6) is 0. The number of likely N-dealkylation sites (N-methyl/N-ethyl adjacent to an activating group) is 1. The summed E-state index contributed by atoms with van der Waals surface area (Å²) in [5.41, 5.74) is 6.14. The molecule has 1 atom stereocenters. The van der Waals surface area contributed by atoms with Crippen LogP contribution in [-0.2, 0) is 4.74 Å². The second kappa shape index (κ2) is 5.65. The van der Waals surface area contributed by atoms with Gasteiger partial charge in [0.15, 0.2) is 0 Å². The Hall–Kier alpha value is -0.160. The molecule has 1 aliphatic rings. The van der Waals surface area contributed by atoms with Crippen LogP contribution in [0.4, 0.5) is 0 Å². The Kier molecular flexibility index (Phi) is 4.95. The van der Waals surface area contributed by atoms with Crippen LogP contribution in [0.1, 0.15) is 27.7 Å². The molecule has 1 saturated heterocycles. The van der Waals surface area contributed by atoms with Crippen LogP contribution in [-0.4, -0.2) is 67.3 Å². The molecular weight excluding hydrogens is 214 g/mol. The third kappa shape index (κ3) is 3.41. The molecule has 1 fully saturated rings. The molecule has 0 radical (unpaired) electrons. The lowest BCUT2D eigenvalue weighted by Gasteiger charge is -2.51. The Bertz CT molecular complexity index is 245. The van der Waals surface area contributed by atoms with Crippen LogP contribution in [0, 0.1) is 0 Å². The Labute approximate surface area is 106 Å². The van der Waals surface area contributed by atoms with Crippen molar-refractivity contribution in [2.24, 2.45) is 5.73 Å². The zero-order valence-corrected chi connectivity index (χ0v) is 12.1. The Morgan fingerprint density at radius 3 is 2.47 bits per heavy atom. The molecule has 0 spiro atoms. The first-order valence-electron chi connectivity index (χ1n) is 6.60. The van der Waals surface area contributed by atoms with E-state index in [-0.39, 0.29) is 11.1 Å². The number of nitrogens with two attached hydrogens (primary N) is 1. The van der Waals surface area contributed by atoms with Crippen molar-refractivity contribution in [1.29, 1.82) is 0 Å². The van der Waals surface area contributed by atoms with Crippen LogP contribution >= 0.6 is 0 Å². The number of nitrogens with zero attached hydrogens (tertiary/aromatic N) is 2. The largest absolute Gasteiger partial charge is 0.380 e. The van der Waals surface area contributed by atoms with Crippen LogP contribution in [0.15, 0.2) is 0 Å². The summed E-state index contributed by atoms with van der Waals surface area (Å²) in [6.07, 6.45) is 0. The second-order valence-electron chi connectivity index (χ2n) is 5.99. The van der Waals surface area contributed by atoms with Gasteiger partial charge >= 0.3 is 0 Å². The Morgan fingerprint density at radius 2 is 2.00 bits per heavy atom. The van der Waals surface area contributed by atoms with E-state index in [4.69, 9.17) is 10.5 Å². The summed E-state index contributed by atoms with van der Waals surface area (Å²) in [6.45, 7) is 14.2. The van der Waals surface area contributed by atoms with Gasteiger partial charge in [-0.1, -0.05) is 0 Å². The molecule has 0 saturated carbocycles. The highest BCUT2D eigenvalue weighted by molar-refractivity contribution is 4.96. The van der Waals surface area contributed by atoms with Crippen molar-refractivity contribution in [3.63, 3.8) is 0 Å². The molecule has 0 bridgehead atoms. The third-order valence-corrected chi connectivity index (χ3v) is 4.14. The molecule has 0 amide bonds. The number of hydrogen-bond acceptors (Lipinski definition) is 4. The normalized spacial score (nSPS) is 25.8. The predicted octanol–water partition coefficient (Wildman–Crippen LogP) is 0.766. The molecule has 2 N–H and O–H groups in total. The van der Waals surface area contributed by atoms with Gasteiger partial charge < -0.3 is 10.5 Å². The second-order valence-corrected chi connectivity index (χ2v) is 5.99. The molecule has 17 heavy (non-hydrogen) atoms. The summed E-state index contributed by atoms with van der Waals surface area (Å²) >= 11 is 0. The third-order valence-electron chi connectivity index (χ3n) is 4.14. The Morgan fingerprint density at radius 1 is 1.35 bits per heavy atom. The van der Waals surface area contributed by atoms with Crippen molar-refractivity contribution in [3.05, 3.63) is 0 Å². The minimum Gasteiger partial charge on any atom is -0.380 e. The zero-order valence-electron chi connectivity index (χ0n) is 12.1. The first-order chi connectivity index (χ1) is 7.85. The fourth-order valence-electron chi connectivity index (χ4n) is 2.30. The molecule has 1 rings (SSSR count). The maximum absolute atomic E-state index is 5.97. The summed E-state index contributed by atoms with van der Waals surface area (Å²) < 4.78 is 5.60. The maximum Gasteiger partial charge on any atom is 0.0659 e. The van der Waals surface area contributed by atoms with Gasteiger partial charge in [0.05, 0.1) is 12.1 Å². The summed E-state index contributed by atoms with van der Waals surface area (Å²) in [7, 11) is 2.19. The number of rotatable bonds is 5. The zero-order chi connectivity index (χ0) is 13.1. The van der Waals surface area contributed by atoms with Crippen LogP contribution < -0.4 is 5.73 Å². The van der Waals surface area contributed by atoms with Gasteiger partial charge in [-0.05, 0) is 34.7 Å². The van der Waals surface area contributed by atoms with E-state index in [2.05, 4.69) is 37.6 Å². The molecule has 0 aromatic heterocycles. The number of piperazine rings is 1. The van der Waals surface area contributed by atoms with Crippen molar-refractivity contribution in [1.82, 2.24) is 9.80 Å². The topological polar surface area (TPSA) is 41.7 Å². The monoisotopic (exact) mass is 243 g/mol. The molecule has 4 nitrogen and oxygen atoms in total. The quantitative estimate of drug-likeness (QED) is 0.774. The van der Waals surface area contributed by atoms with Crippen molar-refractivity contribution in [2.45, 2.75) is 38.8 Å². The average molecular weight is 243 g/mol. The van der Waals surface area contributed by atoms with Gasteiger partial charge in [-0.15, -0.1) is 0 Å². The molecule has 1 aliphatic heterocycles. The van der Waals surface area contributed by atoms with Crippen LogP contribution in [0.25, 0.3) is 0 Å². The minimum absolute atomic E-state index is 0.0332. The predicted molar refractivity (Wildman–Crippen MR) is 72.2 cm³/mol. The standard InChI is InChI=1S/C13H29N3O/c1-6-17-11-13(4,9-14)16-8-7-15(5)12(2,3)10-16/h6-11,14H2,1-5H3. The minimum atomic E-state index is -0.0332. The lowest BCUT2D eigenvalue weighted by atomic mass is 9.93. The van der Waals surface area contributed by atoms with E-state index < -0.39 is 0 Å². The van der Waals surface area contributed by atoms with E-state index in [1.165, 1.54) is 0 Å². The molecule has 4 heteroatoms. The van der Waals surface area contributed by atoms with Crippen LogP contribution in [0.2, 0.25) is 0 Å². The van der Waals surface area contributed by atoms with Gasteiger partial charge in [-0.25, -0.2) is 0 Å². The first-order valence-corrected chi connectivity index (χ1v) is 6.60. The SMILES string of the molecule is CCOCC(C)(CN)N1CCN(C)C(C)(C)C1. The van der Waals surface area contributed by atoms with Gasteiger partial charge in [0, 0.05) is 38.3 Å². The van der Waals surface area contributed by atoms with Gasteiger partial charge in [-0.3, -0.25) is 9.80 Å². The van der Waals surface area contributed by atoms with E-state index in [0.717, 1.165) is 32.8 Å². The molecule has 1 unspecified atom stereocenters. The van der Waals surface area contributed by atoms with Crippen molar-refractivity contribution in [3.8, 4) is 0 Å². The van der Waals surface area contributed by atoms with Crippen molar-refractivity contribution >= 4 is 0 Å². The lowest BCUT2D eigenvalue weighted by Crippen LogP contribution is -2.66. The summed E-state index contributed by atoms with van der Waals surface area (Å²) in [6, 6.07) is 0. The molecule has 0 aromatic carbocycles. The van der Waals surface area contributed by atoms with Gasteiger partial charge in [0.2, 0.25) is 0 Å². The molecular formula is C13H29N3O. The van der Waals surface area contributed by atoms with Crippen molar-refractivity contribution in [2.75, 3.05) is 46.4 Å². The smallest absolute Gasteiger partial charge is 0.0659 e. The van der Waals surface area contributed by atoms with Crippen molar-refractivity contribution < 1.29 is 4.74 Å². The van der Waals surface area contributed by atoms with E-state index in [0.29, 0.717) is 6.54 Å². The number of ether oxygens (including phenoxy) is 1. The molecule has 0 aromatic rings. The average Bonchev–Trinajstić information content (AvgIpc) is 2.29. The maximum atomic E-state index is 5.97. The highest BCUT2D eigenvalue weighted by Gasteiger charge is 2.39. The van der Waals surface area contributed by atoms with Gasteiger partial charge in [-0.2, -0.15) is 0 Å².